The van der Waals surface area contributed by atoms with Crippen molar-refractivity contribution in [3.8, 4) is 5.75 Å². The maximum atomic E-state index is 5.95. The number of hydrogen-bond donors (Lipinski definition) is 1. The molecular weight excluding hydrogens is 302 g/mol. The van der Waals surface area contributed by atoms with Gasteiger partial charge in [0, 0.05) is 16.1 Å². The summed E-state index contributed by atoms with van der Waals surface area (Å²) < 4.78 is 7.02. The monoisotopic (exact) mass is 327 g/mol. The Hall–Kier alpha value is -0.540. The molecule has 0 bridgehead atoms. The number of hydrogen-bond acceptors (Lipinski definition) is 2. The summed E-state index contributed by atoms with van der Waals surface area (Å²) in [4.78, 5) is 0. The van der Waals surface area contributed by atoms with E-state index in [0.29, 0.717) is 6.04 Å². The van der Waals surface area contributed by atoms with Crippen LogP contribution in [0.4, 0.5) is 0 Å². The molecule has 0 amide bonds. The van der Waals surface area contributed by atoms with Crippen LogP contribution in [0.3, 0.4) is 0 Å². The van der Waals surface area contributed by atoms with Crippen LogP contribution in [0.1, 0.15) is 58.1 Å². The Morgan fingerprint density at radius 3 is 2.68 bits per heavy atom. The molecule has 0 aliphatic carbocycles. The molecule has 0 aromatic heterocycles. The van der Waals surface area contributed by atoms with E-state index in [0.717, 1.165) is 36.2 Å². The van der Waals surface area contributed by atoms with Crippen molar-refractivity contribution in [3.63, 3.8) is 0 Å². The summed E-state index contributed by atoms with van der Waals surface area (Å²) in [6, 6.07) is 6.63. The third-order valence-corrected chi connectivity index (χ3v) is 3.64. The number of unbranched alkanes of at least 4 members (excludes halogenated alkanes) is 2. The first-order valence-electron chi connectivity index (χ1n) is 7.34. The van der Waals surface area contributed by atoms with Crippen LogP contribution >= 0.6 is 15.9 Å². The van der Waals surface area contributed by atoms with Crippen molar-refractivity contribution in [1.82, 2.24) is 5.32 Å². The average molecular weight is 328 g/mol. The first-order valence-corrected chi connectivity index (χ1v) is 8.14. The summed E-state index contributed by atoms with van der Waals surface area (Å²) in [7, 11) is 0. The third-order valence-electron chi connectivity index (χ3n) is 3.15. The van der Waals surface area contributed by atoms with Crippen LogP contribution in [0.2, 0.25) is 0 Å². The fourth-order valence-corrected chi connectivity index (χ4v) is 2.34. The van der Waals surface area contributed by atoms with Crippen molar-refractivity contribution in [1.29, 1.82) is 0 Å². The highest BCUT2D eigenvalue weighted by Gasteiger charge is 2.11. The normalized spacial score (nSPS) is 12.4. The Labute approximate surface area is 126 Å². The van der Waals surface area contributed by atoms with Crippen LogP contribution in [0, 0.1) is 0 Å². The van der Waals surface area contributed by atoms with Crippen molar-refractivity contribution in [3.05, 3.63) is 28.2 Å². The molecule has 3 heteroatoms. The van der Waals surface area contributed by atoms with Gasteiger partial charge in [-0.2, -0.15) is 0 Å². The van der Waals surface area contributed by atoms with Crippen molar-refractivity contribution < 1.29 is 4.74 Å². The SMILES string of the molecule is CCCCCOc1cc(Br)ccc1C(C)NCCC. The van der Waals surface area contributed by atoms with Crippen molar-refractivity contribution in [2.24, 2.45) is 0 Å². The Balaban J connectivity index is 2.67. The van der Waals surface area contributed by atoms with Gasteiger partial charge in [-0.1, -0.05) is 48.7 Å². The van der Waals surface area contributed by atoms with E-state index in [-0.39, 0.29) is 0 Å². The molecule has 108 valence electrons. The average Bonchev–Trinajstić information content (AvgIpc) is 2.41. The van der Waals surface area contributed by atoms with Crippen LogP contribution in [-0.2, 0) is 0 Å². The number of nitrogens with one attached hydrogen (secondary N) is 1. The van der Waals surface area contributed by atoms with Crippen LogP contribution in [0.25, 0.3) is 0 Å². The highest BCUT2D eigenvalue weighted by molar-refractivity contribution is 9.10. The number of rotatable bonds is 9. The minimum absolute atomic E-state index is 0.328. The molecule has 0 saturated carbocycles. The molecule has 0 aliphatic heterocycles. The molecule has 0 spiro atoms. The second kappa shape index (κ2) is 9.38. The van der Waals surface area contributed by atoms with E-state index in [1.807, 2.05) is 0 Å². The standard InChI is InChI=1S/C16H26BrNO/c1-4-6-7-11-19-16-12-14(17)8-9-15(16)13(3)18-10-5-2/h8-9,12-13,18H,4-7,10-11H2,1-3H3. The molecule has 0 radical (unpaired) electrons. The van der Waals surface area contributed by atoms with Gasteiger partial charge in [0.1, 0.15) is 5.75 Å². The molecule has 1 aromatic rings. The van der Waals surface area contributed by atoms with Gasteiger partial charge in [0.25, 0.3) is 0 Å². The number of ether oxygens (including phenoxy) is 1. The van der Waals surface area contributed by atoms with Gasteiger partial charge in [-0.3, -0.25) is 0 Å². The summed E-state index contributed by atoms with van der Waals surface area (Å²) in [6.45, 7) is 8.42. The Bertz CT molecular complexity index is 368. The lowest BCUT2D eigenvalue weighted by Crippen LogP contribution is -2.20. The van der Waals surface area contributed by atoms with Gasteiger partial charge in [0.2, 0.25) is 0 Å². The highest BCUT2D eigenvalue weighted by Crippen LogP contribution is 2.29. The van der Waals surface area contributed by atoms with Gasteiger partial charge in [-0.25, -0.2) is 0 Å². The highest BCUT2D eigenvalue weighted by atomic mass is 79.9. The minimum atomic E-state index is 0.328. The summed E-state index contributed by atoms with van der Waals surface area (Å²) in [5.41, 5.74) is 1.24. The molecule has 0 fully saturated rings. The van der Waals surface area contributed by atoms with Gasteiger partial charge in [0.05, 0.1) is 6.61 Å². The minimum Gasteiger partial charge on any atom is -0.493 e. The molecule has 2 nitrogen and oxygen atoms in total. The molecular formula is C16H26BrNO. The summed E-state index contributed by atoms with van der Waals surface area (Å²) >= 11 is 3.52. The van der Waals surface area contributed by atoms with E-state index in [1.54, 1.807) is 0 Å². The zero-order valence-corrected chi connectivity index (χ0v) is 13.9. The molecule has 0 heterocycles. The lowest BCUT2D eigenvalue weighted by atomic mass is 10.1. The van der Waals surface area contributed by atoms with Crippen molar-refractivity contribution in [2.75, 3.05) is 13.2 Å². The van der Waals surface area contributed by atoms with Crippen LogP contribution in [0.15, 0.2) is 22.7 Å². The summed E-state index contributed by atoms with van der Waals surface area (Å²) in [5, 5.41) is 3.51. The largest absolute Gasteiger partial charge is 0.493 e. The van der Waals surface area contributed by atoms with Crippen LogP contribution in [0.5, 0.6) is 5.75 Å². The Morgan fingerprint density at radius 2 is 2.00 bits per heavy atom. The molecule has 19 heavy (non-hydrogen) atoms. The Morgan fingerprint density at radius 1 is 1.21 bits per heavy atom. The van der Waals surface area contributed by atoms with Crippen molar-refractivity contribution in [2.45, 2.75) is 52.5 Å². The third kappa shape index (κ3) is 5.96. The van der Waals surface area contributed by atoms with Gasteiger partial charge in [-0.15, -0.1) is 0 Å². The molecule has 0 saturated heterocycles. The van der Waals surface area contributed by atoms with E-state index in [4.69, 9.17) is 4.74 Å². The van der Waals surface area contributed by atoms with E-state index >= 15 is 0 Å². The molecule has 1 rings (SSSR count). The van der Waals surface area contributed by atoms with E-state index < -0.39 is 0 Å². The summed E-state index contributed by atoms with van der Waals surface area (Å²) in [5.74, 6) is 1.00. The zero-order chi connectivity index (χ0) is 14.1. The molecule has 1 atom stereocenters. The quantitative estimate of drug-likeness (QED) is 0.638. The number of halogens is 1. The number of benzene rings is 1. The van der Waals surface area contributed by atoms with Gasteiger partial charge >= 0.3 is 0 Å². The van der Waals surface area contributed by atoms with Crippen LogP contribution < -0.4 is 10.1 Å². The predicted octanol–water partition coefficient (Wildman–Crippen LogP) is 5.08. The van der Waals surface area contributed by atoms with E-state index in [1.165, 1.54) is 18.4 Å². The van der Waals surface area contributed by atoms with Crippen LogP contribution in [-0.4, -0.2) is 13.2 Å². The first-order chi connectivity index (χ1) is 9.19. The molecule has 1 unspecified atom stereocenters. The molecule has 1 N–H and O–H groups in total. The lowest BCUT2D eigenvalue weighted by Gasteiger charge is -2.18. The maximum absolute atomic E-state index is 5.95. The second-order valence-electron chi connectivity index (χ2n) is 4.91. The van der Waals surface area contributed by atoms with Crippen molar-refractivity contribution >= 4 is 15.9 Å². The molecule has 1 aromatic carbocycles. The first kappa shape index (κ1) is 16.5. The van der Waals surface area contributed by atoms with Gasteiger partial charge in [0.15, 0.2) is 0 Å². The maximum Gasteiger partial charge on any atom is 0.125 e. The smallest absolute Gasteiger partial charge is 0.125 e. The van der Waals surface area contributed by atoms with E-state index in [9.17, 15) is 0 Å². The Kier molecular flexibility index (Phi) is 8.15. The fraction of sp³-hybridized carbons (Fsp3) is 0.625. The predicted molar refractivity (Wildman–Crippen MR) is 85.9 cm³/mol. The lowest BCUT2D eigenvalue weighted by molar-refractivity contribution is 0.300. The molecule has 0 aliphatic rings. The summed E-state index contributed by atoms with van der Waals surface area (Å²) in [6.07, 6.45) is 4.73. The van der Waals surface area contributed by atoms with Gasteiger partial charge in [-0.05, 0) is 38.4 Å². The zero-order valence-electron chi connectivity index (χ0n) is 12.3. The topological polar surface area (TPSA) is 21.3 Å². The fourth-order valence-electron chi connectivity index (χ4n) is 2.00. The van der Waals surface area contributed by atoms with E-state index in [2.05, 4.69) is 60.2 Å². The second-order valence-corrected chi connectivity index (χ2v) is 5.83. The van der Waals surface area contributed by atoms with Gasteiger partial charge < -0.3 is 10.1 Å².